The highest BCUT2D eigenvalue weighted by molar-refractivity contribution is 5.65. The van der Waals surface area contributed by atoms with Gasteiger partial charge >= 0.3 is 6.09 Å². The molecule has 1 saturated heterocycles. The Bertz CT molecular complexity index is 177. The first-order valence-corrected chi connectivity index (χ1v) is 3.94. The Morgan fingerprint density at radius 1 is 1.75 bits per heavy atom. The molecule has 2 atom stereocenters. The molecule has 2 N–H and O–H groups in total. The lowest BCUT2D eigenvalue weighted by Gasteiger charge is -2.32. The summed E-state index contributed by atoms with van der Waals surface area (Å²) in [5, 5.41) is 11.4. The maximum absolute atomic E-state index is 13.1. The van der Waals surface area contributed by atoms with Crippen LogP contribution in [0.15, 0.2) is 0 Å². The summed E-state index contributed by atoms with van der Waals surface area (Å²) in [5.74, 6) is 0. The van der Waals surface area contributed by atoms with E-state index in [0.29, 0.717) is 13.0 Å². The van der Waals surface area contributed by atoms with Crippen molar-refractivity contribution in [1.82, 2.24) is 10.2 Å². The first-order valence-electron chi connectivity index (χ1n) is 3.94. The molecular weight excluding hydrogens is 163 g/mol. The van der Waals surface area contributed by atoms with E-state index in [-0.39, 0.29) is 12.6 Å². The van der Waals surface area contributed by atoms with E-state index in [1.807, 2.05) is 0 Å². The first-order chi connectivity index (χ1) is 5.65. The number of rotatable bonds is 1. The van der Waals surface area contributed by atoms with Crippen LogP contribution < -0.4 is 5.32 Å². The van der Waals surface area contributed by atoms with Crippen molar-refractivity contribution < 1.29 is 14.3 Å². The van der Waals surface area contributed by atoms with Crippen LogP contribution in [0.25, 0.3) is 0 Å². The summed E-state index contributed by atoms with van der Waals surface area (Å²) in [6.07, 6.45) is -1.57. The van der Waals surface area contributed by atoms with Gasteiger partial charge in [0.15, 0.2) is 0 Å². The molecule has 5 heteroatoms. The molecular formula is C7H13FN2O2. The van der Waals surface area contributed by atoms with E-state index in [2.05, 4.69) is 5.32 Å². The van der Waals surface area contributed by atoms with Gasteiger partial charge in [0.05, 0.1) is 6.54 Å². The predicted octanol–water partition coefficient (Wildman–Crippen LogP) is 0.296. The molecule has 0 saturated carbocycles. The van der Waals surface area contributed by atoms with Gasteiger partial charge in [-0.3, -0.25) is 0 Å². The highest BCUT2D eigenvalue weighted by Gasteiger charge is 2.29. The molecule has 4 nitrogen and oxygen atoms in total. The number of alkyl halides is 1. The minimum absolute atomic E-state index is 0.0131. The van der Waals surface area contributed by atoms with Crippen LogP contribution in [0.4, 0.5) is 9.18 Å². The second kappa shape index (κ2) is 3.71. The smallest absolute Gasteiger partial charge is 0.407 e. The number of hydrogen-bond acceptors (Lipinski definition) is 2. The van der Waals surface area contributed by atoms with E-state index in [1.165, 1.54) is 0 Å². The molecule has 1 amide bonds. The molecule has 1 aliphatic heterocycles. The Balaban J connectivity index is 2.46. The Morgan fingerprint density at radius 2 is 2.42 bits per heavy atom. The van der Waals surface area contributed by atoms with Crippen LogP contribution in [-0.4, -0.2) is 48.5 Å². The predicted molar refractivity (Wildman–Crippen MR) is 42.0 cm³/mol. The number of nitrogens with zero attached hydrogens (tertiary/aromatic N) is 1. The summed E-state index contributed by atoms with van der Waals surface area (Å²) in [6.45, 7) is 0.405. The standard InChI is InChI=1S/C7H13FN2O2/c1-9-6-2-3-10(7(11)12)4-5(6)8/h5-6,9H,2-4H2,1H3,(H,11,12)/t5-,6+/m1/s1. The van der Waals surface area contributed by atoms with Crippen molar-refractivity contribution in [3.8, 4) is 0 Å². The van der Waals surface area contributed by atoms with Gasteiger partial charge in [-0.25, -0.2) is 9.18 Å². The summed E-state index contributed by atoms with van der Waals surface area (Å²) in [7, 11) is 1.69. The minimum Gasteiger partial charge on any atom is -0.465 e. The number of nitrogens with one attached hydrogen (secondary N) is 1. The number of halogens is 1. The highest BCUT2D eigenvalue weighted by Crippen LogP contribution is 2.13. The average Bonchev–Trinajstić information content (AvgIpc) is 2.04. The maximum atomic E-state index is 13.1. The van der Waals surface area contributed by atoms with Crippen molar-refractivity contribution >= 4 is 6.09 Å². The molecule has 0 radical (unpaired) electrons. The van der Waals surface area contributed by atoms with Gasteiger partial charge in [-0.2, -0.15) is 0 Å². The number of hydrogen-bond donors (Lipinski definition) is 2. The van der Waals surface area contributed by atoms with E-state index in [0.717, 1.165) is 4.90 Å². The lowest BCUT2D eigenvalue weighted by molar-refractivity contribution is 0.0906. The Kier molecular flexibility index (Phi) is 2.86. The zero-order valence-electron chi connectivity index (χ0n) is 6.96. The molecule has 0 aliphatic carbocycles. The van der Waals surface area contributed by atoms with Crippen LogP contribution in [-0.2, 0) is 0 Å². The van der Waals surface area contributed by atoms with Gasteiger partial charge in [-0.05, 0) is 13.5 Å². The molecule has 1 fully saturated rings. The number of carbonyl (C=O) groups is 1. The summed E-state index contributed by atoms with van der Waals surface area (Å²) < 4.78 is 13.1. The molecule has 1 heterocycles. The molecule has 1 aliphatic rings. The lowest BCUT2D eigenvalue weighted by Crippen LogP contribution is -2.51. The van der Waals surface area contributed by atoms with Crippen molar-refractivity contribution in [3.05, 3.63) is 0 Å². The molecule has 0 bridgehead atoms. The van der Waals surface area contributed by atoms with Gasteiger partial charge < -0.3 is 15.3 Å². The third-order valence-electron chi connectivity index (χ3n) is 2.18. The van der Waals surface area contributed by atoms with Gasteiger partial charge in [0.2, 0.25) is 0 Å². The Labute approximate surface area is 70.4 Å². The fourth-order valence-corrected chi connectivity index (χ4v) is 1.40. The molecule has 0 aromatic rings. The van der Waals surface area contributed by atoms with Crippen LogP contribution in [0.2, 0.25) is 0 Å². The highest BCUT2D eigenvalue weighted by atomic mass is 19.1. The summed E-state index contributed by atoms with van der Waals surface area (Å²) in [5.41, 5.74) is 0. The zero-order valence-corrected chi connectivity index (χ0v) is 6.96. The zero-order chi connectivity index (χ0) is 9.14. The van der Waals surface area contributed by atoms with E-state index < -0.39 is 12.3 Å². The SMILES string of the molecule is CN[C@H]1CCN(C(=O)O)C[C@H]1F. The van der Waals surface area contributed by atoms with Crippen LogP contribution in [0.1, 0.15) is 6.42 Å². The molecule has 0 spiro atoms. The minimum atomic E-state index is -1.08. The lowest BCUT2D eigenvalue weighted by atomic mass is 10.0. The van der Waals surface area contributed by atoms with Gasteiger partial charge in [0.25, 0.3) is 0 Å². The van der Waals surface area contributed by atoms with Gasteiger partial charge in [0.1, 0.15) is 6.17 Å². The largest absolute Gasteiger partial charge is 0.465 e. The van der Waals surface area contributed by atoms with Crippen LogP contribution >= 0.6 is 0 Å². The molecule has 0 aromatic heterocycles. The van der Waals surface area contributed by atoms with Crippen molar-refractivity contribution in [1.29, 1.82) is 0 Å². The summed E-state index contributed by atoms with van der Waals surface area (Å²) in [6, 6.07) is -0.194. The van der Waals surface area contributed by atoms with E-state index in [1.54, 1.807) is 7.05 Å². The number of likely N-dealkylation sites (tertiary alicyclic amines) is 1. The molecule has 12 heavy (non-hydrogen) atoms. The van der Waals surface area contributed by atoms with Crippen LogP contribution in [0, 0.1) is 0 Å². The molecule has 0 aromatic carbocycles. The monoisotopic (exact) mass is 176 g/mol. The third-order valence-corrected chi connectivity index (χ3v) is 2.18. The fraction of sp³-hybridized carbons (Fsp3) is 0.857. The van der Waals surface area contributed by atoms with Gasteiger partial charge in [-0.15, -0.1) is 0 Å². The summed E-state index contributed by atoms with van der Waals surface area (Å²) in [4.78, 5) is 11.5. The number of amides is 1. The van der Waals surface area contributed by atoms with E-state index in [9.17, 15) is 9.18 Å². The second-order valence-electron chi connectivity index (χ2n) is 2.93. The van der Waals surface area contributed by atoms with E-state index in [4.69, 9.17) is 5.11 Å². The number of carboxylic acid groups (broad SMARTS) is 1. The number of piperidine rings is 1. The first kappa shape index (κ1) is 9.25. The van der Waals surface area contributed by atoms with Crippen LogP contribution in [0.5, 0.6) is 0 Å². The van der Waals surface area contributed by atoms with Crippen molar-refractivity contribution in [2.45, 2.75) is 18.6 Å². The normalized spacial score (nSPS) is 30.3. The van der Waals surface area contributed by atoms with E-state index >= 15 is 0 Å². The second-order valence-corrected chi connectivity index (χ2v) is 2.93. The molecule has 1 rings (SSSR count). The Hall–Kier alpha value is -0.840. The quantitative estimate of drug-likeness (QED) is 0.604. The van der Waals surface area contributed by atoms with Gasteiger partial charge in [-0.1, -0.05) is 0 Å². The third kappa shape index (κ3) is 1.85. The van der Waals surface area contributed by atoms with Crippen LogP contribution in [0.3, 0.4) is 0 Å². The van der Waals surface area contributed by atoms with Crippen molar-refractivity contribution in [2.24, 2.45) is 0 Å². The summed E-state index contributed by atoms with van der Waals surface area (Å²) >= 11 is 0. The van der Waals surface area contributed by atoms with Crippen molar-refractivity contribution in [3.63, 3.8) is 0 Å². The fourth-order valence-electron chi connectivity index (χ4n) is 1.40. The van der Waals surface area contributed by atoms with Gasteiger partial charge in [0, 0.05) is 12.6 Å². The Morgan fingerprint density at radius 3 is 2.83 bits per heavy atom. The average molecular weight is 176 g/mol. The molecule has 0 unspecified atom stereocenters. The maximum Gasteiger partial charge on any atom is 0.407 e. The van der Waals surface area contributed by atoms with Crippen molar-refractivity contribution in [2.75, 3.05) is 20.1 Å². The topological polar surface area (TPSA) is 52.6 Å². The molecule has 70 valence electrons.